The Balaban J connectivity index is 2.00. The molecule has 24 heavy (non-hydrogen) atoms. The van der Waals surface area contributed by atoms with E-state index < -0.39 is 10.0 Å². The van der Waals surface area contributed by atoms with Crippen molar-refractivity contribution in [1.82, 2.24) is 0 Å². The molecule has 0 saturated carbocycles. The lowest BCUT2D eigenvalue weighted by atomic mass is 10.1. The quantitative estimate of drug-likeness (QED) is 0.712. The molecule has 7 heteroatoms. The minimum atomic E-state index is -3.83. The Morgan fingerprint density at radius 2 is 1.54 bits per heavy atom. The highest BCUT2D eigenvalue weighted by Crippen LogP contribution is 2.26. The van der Waals surface area contributed by atoms with Crippen molar-refractivity contribution in [3.63, 3.8) is 0 Å². The number of fused-ring (bicyclic) bond motifs is 1. The van der Waals surface area contributed by atoms with Gasteiger partial charge >= 0.3 is 0 Å². The van der Waals surface area contributed by atoms with Crippen LogP contribution in [0.4, 0.5) is 5.69 Å². The number of hydrogen-bond acceptors (Lipinski definition) is 3. The molecule has 1 N–H and O–H groups in total. The molecule has 4 nitrogen and oxygen atoms in total. The van der Waals surface area contributed by atoms with Crippen molar-refractivity contribution in [2.75, 3.05) is 4.72 Å². The normalized spacial score (nSPS) is 11.2. The summed E-state index contributed by atoms with van der Waals surface area (Å²) in [6.07, 6.45) is 0. The van der Waals surface area contributed by atoms with Crippen LogP contribution in [-0.4, -0.2) is 8.42 Å². The van der Waals surface area contributed by atoms with E-state index in [4.69, 9.17) is 28.5 Å². The van der Waals surface area contributed by atoms with Crippen molar-refractivity contribution in [3.8, 4) is 6.07 Å². The summed E-state index contributed by atoms with van der Waals surface area (Å²) in [5.74, 6) is 0. The van der Waals surface area contributed by atoms with Crippen molar-refractivity contribution in [2.45, 2.75) is 4.90 Å². The van der Waals surface area contributed by atoms with Crippen LogP contribution >= 0.6 is 23.2 Å². The second-order valence-electron chi connectivity index (χ2n) is 5.10. The molecule has 0 fully saturated rings. The summed E-state index contributed by atoms with van der Waals surface area (Å²) in [4.78, 5) is -0.0223. The molecule has 0 atom stereocenters. The predicted molar refractivity (Wildman–Crippen MR) is 95.9 cm³/mol. The van der Waals surface area contributed by atoms with Crippen molar-refractivity contribution in [1.29, 1.82) is 5.26 Å². The summed E-state index contributed by atoms with van der Waals surface area (Å²) < 4.78 is 27.5. The fourth-order valence-electron chi connectivity index (χ4n) is 2.28. The highest BCUT2D eigenvalue weighted by molar-refractivity contribution is 7.92. The van der Waals surface area contributed by atoms with Gasteiger partial charge in [0.05, 0.1) is 16.5 Å². The average Bonchev–Trinajstić information content (AvgIpc) is 2.53. The van der Waals surface area contributed by atoms with Gasteiger partial charge < -0.3 is 0 Å². The lowest BCUT2D eigenvalue weighted by Crippen LogP contribution is -2.12. The van der Waals surface area contributed by atoms with E-state index in [-0.39, 0.29) is 14.9 Å². The van der Waals surface area contributed by atoms with E-state index in [0.29, 0.717) is 11.3 Å². The smallest absolute Gasteiger partial charge is 0.261 e. The Bertz CT molecular complexity index is 1070. The van der Waals surface area contributed by atoms with Gasteiger partial charge in [-0.25, -0.2) is 8.42 Å². The monoisotopic (exact) mass is 376 g/mol. The van der Waals surface area contributed by atoms with Crippen LogP contribution in [0.3, 0.4) is 0 Å². The van der Waals surface area contributed by atoms with Gasteiger partial charge in [0.2, 0.25) is 0 Å². The number of anilines is 1. The van der Waals surface area contributed by atoms with Crippen molar-refractivity contribution >= 4 is 49.7 Å². The van der Waals surface area contributed by atoms with E-state index in [1.54, 1.807) is 30.3 Å². The number of hydrogen-bond donors (Lipinski definition) is 1. The zero-order chi connectivity index (χ0) is 17.3. The molecule has 0 aliphatic rings. The molecule has 0 radical (unpaired) electrons. The van der Waals surface area contributed by atoms with Gasteiger partial charge in [0, 0.05) is 15.7 Å². The molecule has 0 saturated heterocycles. The second kappa shape index (κ2) is 6.33. The zero-order valence-electron chi connectivity index (χ0n) is 12.1. The molecule has 0 heterocycles. The van der Waals surface area contributed by atoms with Gasteiger partial charge in [-0.2, -0.15) is 5.26 Å². The summed E-state index contributed by atoms with van der Waals surface area (Å²) in [5, 5.41) is 11.1. The van der Waals surface area contributed by atoms with Crippen molar-refractivity contribution in [2.24, 2.45) is 0 Å². The van der Waals surface area contributed by atoms with Crippen LogP contribution < -0.4 is 4.72 Å². The van der Waals surface area contributed by atoms with E-state index in [1.165, 1.54) is 18.2 Å². The maximum absolute atomic E-state index is 12.5. The first kappa shape index (κ1) is 16.6. The Morgan fingerprint density at radius 1 is 0.875 bits per heavy atom. The predicted octanol–water partition coefficient (Wildman–Crippen LogP) is 4.82. The van der Waals surface area contributed by atoms with Gasteiger partial charge in [-0.05, 0) is 53.2 Å². The molecule has 3 aromatic carbocycles. The Hall–Kier alpha value is -2.26. The molecule has 0 bridgehead atoms. The number of nitrogens with zero attached hydrogens (tertiary/aromatic N) is 1. The van der Waals surface area contributed by atoms with E-state index in [9.17, 15) is 8.42 Å². The van der Waals surface area contributed by atoms with Gasteiger partial charge in [0.1, 0.15) is 0 Å². The van der Waals surface area contributed by atoms with Crippen LogP contribution in [0.25, 0.3) is 10.8 Å². The largest absolute Gasteiger partial charge is 0.280 e. The highest BCUT2D eigenvalue weighted by Gasteiger charge is 2.16. The highest BCUT2D eigenvalue weighted by atomic mass is 35.5. The van der Waals surface area contributed by atoms with Crippen LogP contribution in [0.1, 0.15) is 5.56 Å². The van der Waals surface area contributed by atoms with E-state index in [1.807, 2.05) is 6.07 Å². The summed E-state index contributed by atoms with van der Waals surface area (Å²) in [7, 11) is -3.83. The lowest BCUT2D eigenvalue weighted by Gasteiger charge is -2.10. The first-order chi connectivity index (χ1) is 11.4. The Kier molecular flexibility index (Phi) is 4.37. The number of rotatable bonds is 3. The molecule has 3 rings (SSSR count). The fourth-order valence-corrected chi connectivity index (χ4v) is 4.05. The third-order valence-corrected chi connectivity index (χ3v) is 5.17. The summed E-state index contributed by atoms with van der Waals surface area (Å²) in [5.41, 5.74) is 0.887. The van der Waals surface area contributed by atoms with Gasteiger partial charge in [-0.15, -0.1) is 0 Å². The Labute approximate surface area is 149 Å². The molecular formula is C17H10Cl2N2O2S. The van der Waals surface area contributed by atoms with Crippen molar-refractivity contribution in [3.05, 3.63) is 70.2 Å². The molecule has 120 valence electrons. The molecule has 0 aromatic heterocycles. The summed E-state index contributed by atoms with van der Waals surface area (Å²) in [6.45, 7) is 0. The third-order valence-electron chi connectivity index (χ3n) is 3.37. The van der Waals surface area contributed by atoms with Crippen molar-refractivity contribution < 1.29 is 8.42 Å². The number of nitrogens with one attached hydrogen (secondary N) is 1. The lowest BCUT2D eigenvalue weighted by molar-refractivity contribution is 0.601. The summed E-state index contributed by atoms with van der Waals surface area (Å²) in [6, 6.07) is 16.5. The SMILES string of the molecule is N#Cc1ccc2ccc(NS(=O)(=O)c3cc(Cl)cc(Cl)c3)cc2c1. The molecule has 0 aliphatic carbocycles. The topological polar surface area (TPSA) is 70.0 Å². The van der Waals surface area contributed by atoms with Gasteiger partial charge in [0.25, 0.3) is 10.0 Å². The first-order valence-electron chi connectivity index (χ1n) is 6.80. The van der Waals surface area contributed by atoms with Gasteiger partial charge in [0.15, 0.2) is 0 Å². The minimum Gasteiger partial charge on any atom is -0.280 e. The van der Waals surface area contributed by atoms with E-state index >= 15 is 0 Å². The van der Waals surface area contributed by atoms with Crippen LogP contribution in [0.15, 0.2) is 59.5 Å². The first-order valence-corrected chi connectivity index (χ1v) is 9.04. The molecule has 0 unspecified atom stereocenters. The molecule has 0 amide bonds. The average molecular weight is 377 g/mol. The molecular weight excluding hydrogens is 367 g/mol. The molecule has 0 aliphatic heterocycles. The van der Waals surface area contributed by atoms with Gasteiger partial charge in [-0.1, -0.05) is 35.3 Å². The molecule has 0 spiro atoms. The number of halogens is 2. The van der Waals surface area contributed by atoms with Crippen LogP contribution in [0, 0.1) is 11.3 Å². The molecule has 3 aromatic rings. The second-order valence-corrected chi connectivity index (χ2v) is 7.65. The minimum absolute atomic E-state index is 0.0223. The third kappa shape index (κ3) is 3.46. The van der Waals surface area contributed by atoms with E-state index in [0.717, 1.165) is 10.8 Å². The number of nitriles is 1. The van der Waals surface area contributed by atoms with E-state index in [2.05, 4.69) is 10.8 Å². The fraction of sp³-hybridized carbons (Fsp3) is 0. The zero-order valence-corrected chi connectivity index (χ0v) is 14.5. The van der Waals surface area contributed by atoms with Gasteiger partial charge in [-0.3, -0.25) is 4.72 Å². The number of sulfonamides is 1. The standard InChI is InChI=1S/C17H10Cl2N2O2S/c18-14-7-15(19)9-17(8-14)24(22,23)21-16-4-3-12-2-1-11(10-20)5-13(12)6-16/h1-9,21H. The van der Waals surface area contributed by atoms with Crippen LogP contribution in [0.2, 0.25) is 10.0 Å². The maximum atomic E-state index is 12.5. The number of benzene rings is 3. The maximum Gasteiger partial charge on any atom is 0.261 e. The van der Waals surface area contributed by atoms with Crippen LogP contribution in [0.5, 0.6) is 0 Å². The summed E-state index contributed by atoms with van der Waals surface area (Å²) >= 11 is 11.7. The van der Waals surface area contributed by atoms with Crippen LogP contribution in [-0.2, 0) is 10.0 Å². The Morgan fingerprint density at radius 3 is 2.21 bits per heavy atom.